The first-order valence-electron chi connectivity index (χ1n) is 10.7. The molecule has 9 nitrogen and oxygen atoms in total. The molecule has 166 valence electrons. The van der Waals surface area contributed by atoms with Gasteiger partial charge in [-0.25, -0.2) is 15.0 Å². The van der Waals surface area contributed by atoms with E-state index in [1.54, 1.807) is 12.1 Å². The van der Waals surface area contributed by atoms with Gasteiger partial charge >= 0.3 is 0 Å². The summed E-state index contributed by atoms with van der Waals surface area (Å²) in [6.07, 6.45) is 1.83. The first-order valence-corrected chi connectivity index (χ1v) is 10.7. The molecule has 1 N–H and O–H groups in total. The Kier molecular flexibility index (Phi) is 6.55. The highest BCUT2D eigenvalue weighted by atomic mass is 16.6. The summed E-state index contributed by atoms with van der Waals surface area (Å²) in [6, 6.07) is 14.5. The Morgan fingerprint density at radius 3 is 2.62 bits per heavy atom. The standard InChI is InChI=1S/C23H27N7O2/c1-17-14-21(27-23(26-17)19-6-5-7-20(15-19)30(31)32)25-18(2)16-28-10-12-29(13-11-28)22-8-3-4-9-24-22/h3-9,14-15,18H,10-13,16H2,1-2H3,(H,25,26,27). The summed E-state index contributed by atoms with van der Waals surface area (Å²) in [6.45, 7) is 8.78. The second-order valence-electron chi connectivity index (χ2n) is 8.05. The molecule has 3 aromatic rings. The monoisotopic (exact) mass is 433 g/mol. The van der Waals surface area contributed by atoms with Gasteiger partial charge in [0.25, 0.3) is 5.69 Å². The smallest absolute Gasteiger partial charge is 0.270 e. The molecule has 0 spiro atoms. The van der Waals surface area contributed by atoms with E-state index in [0.29, 0.717) is 11.4 Å². The normalized spacial score (nSPS) is 15.4. The number of piperazine rings is 1. The van der Waals surface area contributed by atoms with E-state index in [-0.39, 0.29) is 11.7 Å². The van der Waals surface area contributed by atoms with E-state index in [0.717, 1.165) is 50.1 Å². The molecular formula is C23H27N7O2. The fraction of sp³-hybridized carbons (Fsp3) is 0.348. The van der Waals surface area contributed by atoms with Crippen LogP contribution in [0.4, 0.5) is 17.3 Å². The maximum atomic E-state index is 11.1. The molecule has 32 heavy (non-hydrogen) atoms. The average Bonchev–Trinajstić information content (AvgIpc) is 2.80. The highest BCUT2D eigenvalue weighted by Crippen LogP contribution is 2.23. The molecule has 4 rings (SSSR count). The van der Waals surface area contributed by atoms with Gasteiger partial charge in [0.2, 0.25) is 0 Å². The lowest BCUT2D eigenvalue weighted by Crippen LogP contribution is -2.49. The summed E-state index contributed by atoms with van der Waals surface area (Å²) in [7, 11) is 0. The van der Waals surface area contributed by atoms with Crippen molar-refractivity contribution in [2.75, 3.05) is 42.9 Å². The molecule has 0 amide bonds. The van der Waals surface area contributed by atoms with Gasteiger partial charge in [-0.3, -0.25) is 15.0 Å². The molecule has 1 aliphatic rings. The SMILES string of the molecule is Cc1cc(NC(C)CN2CCN(c3ccccn3)CC2)nc(-c2cccc([N+](=O)[O-])c2)n1. The summed E-state index contributed by atoms with van der Waals surface area (Å²) in [5, 5.41) is 14.6. The van der Waals surface area contributed by atoms with Crippen LogP contribution in [0.2, 0.25) is 0 Å². The van der Waals surface area contributed by atoms with E-state index >= 15 is 0 Å². The van der Waals surface area contributed by atoms with E-state index in [1.807, 2.05) is 31.3 Å². The lowest BCUT2D eigenvalue weighted by Gasteiger charge is -2.36. The third kappa shape index (κ3) is 5.36. The number of hydrogen-bond donors (Lipinski definition) is 1. The quantitative estimate of drug-likeness (QED) is 0.447. The number of anilines is 2. The van der Waals surface area contributed by atoms with Crippen LogP contribution in [-0.4, -0.2) is 63.5 Å². The zero-order valence-electron chi connectivity index (χ0n) is 18.3. The van der Waals surface area contributed by atoms with Crippen molar-refractivity contribution >= 4 is 17.3 Å². The summed E-state index contributed by atoms with van der Waals surface area (Å²) in [4.78, 5) is 29.0. The molecule has 1 aliphatic heterocycles. The molecule has 0 bridgehead atoms. The predicted molar refractivity (Wildman–Crippen MR) is 125 cm³/mol. The van der Waals surface area contributed by atoms with E-state index in [9.17, 15) is 10.1 Å². The molecule has 1 saturated heterocycles. The molecule has 1 atom stereocenters. The minimum absolute atomic E-state index is 0.0281. The first-order chi connectivity index (χ1) is 15.5. The Balaban J connectivity index is 1.37. The summed E-state index contributed by atoms with van der Waals surface area (Å²) in [5.41, 5.74) is 1.46. The highest BCUT2D eigenvalue weighted by molar-refractivity contribution is 5.61. The van der Waals surface area contributed by atoms with Gasteiger partial charge in [0.1, 0.15) is 11.6 Å². The van der Waals surface area contributed by atoms with Crippen LogP contribution >= 0.6 is 0 Å². The molecule has 1 fully saturated rings. The molecule has 0 radical (unpaired) electrons. The van der Waals surface area contributed by atoms with E-state index in [4.69, 9.17) is 0 Å². The Labute approximate surface area is 187 Å². The molecule has 2 aromatic heterocycles. The molecule has 1 aromatic carbocycles. The van der Waals surface area contributed by atoms with Crippen LogP contribution in [0.15, 0.2) is 54.7 Å². The number of nitro benzene ring substituents is 1. The maximum absolute atomic E-state index is 11.1. The Bertz CT molecular complexity index is 1070. The number of non-ortho nitro benzene ring substituents is 1. The van der Waals surface area contributed by atoms with Crippen LogP contribution in [0.1, 0.15) is 12.6 Å². The molecule has 0 aliphatic carbocycles. The van der Waals surface area contributed by atoms with Gasteiger partial charge in [-0.1, -0.05) is 18.2 Å². The van der Waals surface area contributed by atoms with Crippen molar-refractivity contribution in [1.29, 1.82) is 0 Å². The van der Waals surface area contributed by atoms with Gasteiger partial charge < -0.3 is 10.2 Å². The second-order valence-corrected chi connectivity index (χ2v) is 8.05. The summed E-state index contributed by atoms with van der Waals surface area (Å²) < 4.78 is 0. The van der Waals surface area contributed by atoms with Gasteiger partial charge in [-0.15, -0.1) is 0 Å². The Morgan fingerprint density at radius 1 is 1.09 bits per heavy atom. The minimum atomic E-state index is -0.409. The first kappa shape index (κ1) is 21.6. The van der Waals surface area contributed by atoms with Crippen molar-refractivity contribution in [2.45, 2.75) is 19.9 Å². The number of benzene rings is 1. The van der Waals surface area contributed by atoms with Gasteiger partial charge in [0, 0.05) is 74.4 Å². The number of nitrogens with one attached hydrogen (secondary N) is 1. The zero-order valence-corrected chi connectivity index (χ0v) is 18.3. The van der Waals surface area contributed by atoms with Gasteiger partial charge in [0.15, 0.2) is 5.82 Å². The van der Waals surface area contributed by atoms with Crippen molar-refractivity contribution in [3.63, 3.8) is 0 Å². The molecule has 1 unspecified atom stereocenters. The van der Waals surface area contributed by atoms with Crippen LogP contribution in [0, 0.1) is 17.0 Å². The predicted octanol–water partition coefficient (Wildman–Crippen LogP) is 3.38. The zero-order chi connectivity index (χ0) is 22.5. The molecular weight excluding hydrogens is 406 g/mol. The van der Waals surface area contributed by atoms with Gasteiger partial charge in [0.05, 0.1) is 4.92 Å². The number of aryl methyl sites for hydroxylation is 1. The number of hydrogen-bond acceptors (Lipinski definition) is 8. The van der Waals surface area contributed by atoms with Crippen LogP contribution < -0.4 is 10.2 Å². The van der Waals surface area contributed by atoms with Crippen molar-refractivity contribution in [3.8, 4) is 11.4 Å². The third-order valence-corrected chi connectivity index (χ3v) is 5.44. The van der Waals surface area contributed by atoms with Gasteiger partial charge in [-0.05, 0) is 26.0 Å². The largest absolute Gasteiger partial charge is 0.366 e. The number of rotatable bonds is 7. The van der Waals surface area contributed by atoms with Crippen LogP contribution in [-0.2, 0) is 0 Å². The number of nitro groups is 1. The van der Waals surface area contributed by atoms with E-state index in [1.165, 1.54) is 12.1 Å². The number of nitrogens with zero attached hydrogens (tertiary/aromatic N) is 6. The molecule has 9 heteroatoms. The molecule has 0 saturated carbocycles. The number of pyridine rings is 1. The van der Waals surface area contributed by atoms with E-state index in [2.05, 4.69) is 43.1 Å². The van der Waals surface area contributed by atoms with Crippen LogP contribution in [0.25, 0.3) is 11.4 Å². The minimum Gasteiger partial charge on any atom is -0.366 e. The summed E-state index contributed by atoms with van der Waals surface area (Å²) in [5.74, 6) is 2.23. The van der Waals surface area contributed by atoms with Crippen molar-refractivity contribution in [2.24, 2.45) is 0 Å². The summed E-state index contributed by atoms with van der Waals surface area (Å²) >= 11 is 0. The lowest BCUT2D eigenvalue weighted by molar-refractivity contribution is -0.384. The Morgan fingerprint density at radius 2 is 1.91 bits per heavy atom. The highest BCUT2D eigenvalue weighted by Gasteiger charge is 2.20. The Hall–Kier alpha value is -3.59. The average molecular weight is 434 g/mol. The lowest BCUT2D eigenvalue weighted by atomic mass is 10.2. The fourth-order valence-electron chi connectivity index (χ4n) is 3.92. The molecule has 3 heterocycles. The van der Waals surface area contributed by atoms with Crippen LogP contribution in [0.3, 0.4) is 0 Å². The maximum Gasteiger partial charge on any atom is 0.270 e. The topological polar surface area (TPSA) is 100 Å². The number of aromatic nitrogens is 3. The van der Waals surface area contributed by atoms with E-state index < -0.39 is 4.92 Å². The fourth-order valence-corrected chi connectivity index (χ4v) is 3.92. The van der Waals surface area contributed by atoms with Crippen molar-refractivity contribution < 1.29 is 4.92 Å². The van der Waals surface area contributed by atoms with Crippen molar-refractivity contribution in [1.82, 2.24) is 19.9 Å². The van der Waals surface area contributed by atoms with Crippen molar-refractivity contribution in [3.05, 3.63) is 70.5 Å². The third-order valence-electron chi connectivity index (χ3n) is 5.44. The van der Waals surface area contributed by atoms with Gasteiger partial charge in [-0.2, -0.15) is 0 Å². The second kappa shape index (κ2) is 9.69. The van der Waals surface area contributed by atoms with Crippen LogP contribution in [0.5, 0.6) is 0 Å².